The molecule has 0 bridgehead atoms. The Morgan fingerprint density at radius 3 is 2.58 bits per heavy atom. The third kappa shape index (κ3) is 1.89. The van der Waals surface area contributed by atoms with Crippen LogP contribution in [0.15, 0.2) is 30.3 Å². The lowest BCUT2D eigenvalue weighted by Crippen LogP contribution is -2.50. The number of carbonyl (C=O) groups is 2. The quantitative estimate of drug-likeness (QED) is 0.656. The average molecular weight is 325 g/mol. The number of carbonyl (C=O) groups excluding carboxylic acids is 1. The number of pyridine rings is 1. The lowest BCUT2D eigenvalue weighted by atomic mass is 10.1. The summed E-state index contributed by atoms with van der Waals surface area (Å²) in [5, 5.41) is 10.8. The van der Waals surface area contributed by atoms with Crippen LogP contribution in [0.3, 0.4) is 0 Å². The number of hydrogen-bond acceptors (Lipinski definition) is 4. The topological polar surface area (TPSA) is 127 Å². The number of anilines is 1. The number of nitrogen functional groups attached to an aromatic ring is 1. The fourth-order valence-electron chi connectivity index (χ4n) is 3.27. The average Bonchev–Trinajstić information content (AvgIpc) is 2.78. The van der Waals surface area contributed by atoms with Crippen molar-refractivity contribution in [3.8, 4) is 0 Å². The van der Waals surface area contributed by atoms with Gasteiger partial charge in [0.15, 0.2) is 0 Å². The molecule has 8 nitrogen and oxygen atoms in total. The molecule has 1 aliphatic rings. The van der Waals surface area contributed by atoms with E-state index in [1.165, 1.54) is 4.90 Å². The fourth-order valence-corrected chi connectivity index (χ4v) is 3.27. The van der Waals surface area contributed by atoms with Crippen molar-refractivity contribution in [2.24, 2.45) is 5.73 Å². The number of carboxylic acid groups (broad SMARTS) is 1. The molecule has 0 unspecified atom stereocenters. The van der Waals surface area contributed by atoms with Gasteiger partial charge in [0.05, 0.1) is 17.1 Å². The summed E-state index contributed by atoms with van der Waals surface area (Å²) in [6, 6.07) is 9.33. The van der Waals surface area contributed by atoms with Crippen molar-refractivity contribution in [2.45, 2.75) is 6.04 Å². The van der Waals surface area contributed by atoms with Gasteiger partial charge in [-0.3, -0.25) is 4.79 Å². The number of para-hydroxylation sites is 1. The number of hydrogen-bond donors (Lipinski definition) is 3. The number of likely N-dealkylation sites (tertiary alicyclic amines) is 1. The number of nitrogens with zero attached hydrogens (tertiary/aromatic N) is 3. The molecule has 24 heavy (non-hydrogen) atoms. The van der Waals surface area contributed by atoms with Gasteiger partial charge in [0.2, 0.25) is 0 Å². The Bertz CT molecular complexity index is 1000. The van der Waals surface area contributed by atoms with Gasteiger partial charge in [0.25, 0.3) is 5.91 Å². The Balaban J connectivity index is 1.96. The first-order valence-electron chi connectivity index (χ1n) is 7.44. The highest BCUT2D eigenvalue weighted by Gasteiger charge is 2.34. The molecule has 1 fully saturated rings. The number of primary amides is 1. The molecule has 1 aliphatic heterocycles. The van der Waals surface area contributed by atoms with Crippen LogP contribution in [0.5, 0.6) is 0 Å². The maximum atomic E-state index is 11.6. The summed E-state index contributed by atoms with van der Waals surface area (Å²) in [4.78, 5) is 28.3. The first-order chi connectivity index (χ1) is 11.5. The molecule has 0 radical (unpaired) electrons. The lowest BCUT2D eigenvalue weighted by molar-refractivity contribution is 0.0882. The maximum absolute atomic E-state index is 11.6. The van der Waals surface area contributed by atoms with Crippen LogP contribution in [0.25, 0.3) is 21.9 Å². The van der Waals surface area contributed by atoms with Crippen LogP contribution in [0.4, 0.5) is 10.6 Å². The van der Waals surface area contributed by atoms with Gasteiger partial charge in [-0.15, -0.1) is 0 Å². The van der Waals surface area contributed by atoms with Gasteiger partial charge in [0, 0.05) is 23.9 Å². The van der Waals surface area contributed by atoms with E-state index in [9.17, 15) is 9.59 Å². The van der Waals surface area contributed by atoms with Gasteiger partial charge in [-0.05, 0) is 12.1 Å². The minimum absolute atomic E-state index is 0.0187. The minimum Gasteiger partial charge on any atom is -0.465 e. The molecule has 3 aromatic rings. The van der Waals surface area contributed by atoms with Crippen molar-refractivity contribution in [3.05, 3.63) is 35.9 Å². The number of rotatable bonds is 2. The maximum Gasteiger partial charge on any atom is 0.407 e. The zero-order valence-corrected chi connectivity index (χ0v) is 12.6. The summed E-state index contributed by atoms with van der Waals surface area (Å²) in [5.74, 6) is -0.548. The molecular weight excluding hydrogens is 310 g/mol. The standard InChI is InChI=1S/C16H15N5O3/c17-13-11(14(18)22)5-10-9-3-1-2-4-12(9)21(15(10)19-13)8-6-20(7-8)16(23)24/h1-5,8H,6-7H2,(H2,17,19)(H2,18,22)(H,23,24). The smallest absolute Gasteiger partial charge is 0.407 e. The third-order valence-corrected chi connectivity index (χ3v) is 4.48. The van der Waals surface area contributed by atoms with Crippen LogP contribution in [0, 0.1) is 0 Å². The van der Waals surface area contributed by atoms with Gasteiger partial charge in [-0.2, -0.15) is 0 Å². The van der Waals surface area contributed by atoms with Gasteiger partial charge >= 0.3 is 6.09 Å². The van der Waals surface area contributed by atoms with Gasteiger partial charge in [-0.25, -0.2) is 9.78 Å². The Morgan fingerprint density at radius 2 is 1.92 bits per heavy atom. The second-order valence-corrected chi connectivity index (χ2v) is 5.89. The van der Waals surface area contributed by atoms with Crippen molar-refractivity contribution < 1.29 is 14.7 Å². The lowest BCUT2D eigenvalue weighted by Gasteiger charge is -2.38. The first kappa shape index (κ1) is 14.3. The van der Waals surface area contributed by atoms with E-state index in [-0.39, 0.29) is 17.4 Å². The molecule has 8 heteroatoms. The van der Waals surface area contributed by atoms with Crippen LogP contribution >= 0.6 is 0 Å². The fraction of sp³-hybridized carbons (Fsp3) is 0.188. The number of nitrogens with two attached hydrogens (primary N) is 2. The molecular formula is C16H15N5O3. The van der Waals surface area contributed by atoms with Gasteiger partial charge in [-0.1, -0.05) is 18.2 Å². The van der Waals surface area contributed by atoms with Crippen molar-refractivity contribution >= 4 is 39.8 Å². The number of aromatic nitrogens is 2. The third-order valence-electron chi connectivity index (χ3n) is 4.48. The molecule has 0 aliphatic carbocycles. The highest BCUT2D eigenvalue weighted by molar-refractivity contribution is 6.10. The molecule has 0 spiro atoms. The predicted octanol–water partition coefficient (Wildman–Crippen LogP) is 1.41. The molecule has 3 heterocycles. The molecule has 0 saturated carbocycles. The van der Waals surface area contributed by atoms with Crippen LogP contribution in [-0.4, -0.2) is 44.6 Å². The predicted molar refractivity (Wildman–Crippen MR) is 88.8 cm³/mol. The van der Waals surface area contributed by atoms with Crippen LogP contribution < -0.4 is 11.5 Å². The molecule has 122 valence electrons. The summed E-state index contributed by atoms with van der Waals surface area (Å²) < 4.78 is 1.99. The van der Waals surface area contributed by atoms with Crippen molar-refractivity contribution in [3.63, 3.8) is 0 Å². The zero-order valence-electron chi connectivity index (χ0n) is 12.6. The summed E-state index contributed by atoms with van der Waals surface area (Å²) >= 11 is 0. The Morgan fingerprint density at radius 1 is 1.21 bits per heavy atom. The number of fused-ring (bicyclic) bond motifs is 3. The molecule has 5 N–H and O–H groups in total. The molecule has 1 saturated heterocycles. The highest BCUT2D eigenvalue weighted by atomic mass is 16.4. The van der Waals surface area contributed by atoms with Crippen molar-refractivity contribution in [1.82, 2.24) is 14.5 Å². The van der Waals surface area contributed by atoms with Crippen LogP contribution in [0.2, 0.25) is 0 Å². The van der Waals surface area contributed by atoms with Gasteiger partial charge in [0.1, 0.15) is 11.5 Å². The normalized spacial score (nSPS) is 14.9. The molecule has 2 amide bonds. The number of benzene rings is 1. The molecule has 1 aromatic carbocycles. The first-order valence-corrected chi connectivity index (χ1v) is 7.44. The Kier molecular flexibility index (Phi) is 2.89. The van der Waals surface area contributed by atoms with E-state index in [0.717, 1.165) is 16.3 Å². The second kappa shape index (κ2) is 4.85. The minimum atomic E-state index is -0.935. The van der Waals surface area contributed by atoms with Crippen LogP contribution in [0.1, 0.15) is 16.4 Å². The van der Waals surface area contributed by atoms with E-state index < -0.39 is 12.0 Å². The van der Waals surface area contributed by atoms with Crippen LogP contribution in [-0.2, 0) is 0 Å². The largest absolute Gasteiger partial charge is 0.465 e. The summed E-state index contributed by atoms with van der Waals surface area (Å²) in [5.41, 5.74) is 13.0. The van der Waals surface area contributed by atoms with E-state index in [1.807, 2.05) is 28.8 Å². The monoisotopic (exact) mass is 325 g/mol. The Hall–Kier alpha value is -3.29. The Labute approximate surface area is 136 Å². The second-order valence-electron chi connectivity index (χ2n) is 5.89. The van der Waals surface area contributed by atoms with E-state index in [4.69, 9.17) is 16.6 Å². The summed E-state index contributed by atoms with van der Waals surface area (Å²) in [7, 11) is 0. The molecule has 0 atom stereocenters. The summed E-state index contributed by atoms with van der Waals surface area (Å²) in [6.45, 7) is 0.782. The van der Waals surface area contributed by atoms with E-state index in [2.05, 4.69) is 4.98 Å². The summed E-state index contributed by atoms with van der Waals surface area (Å²) in [6.07, 6.45) is -0.935. The van der Waals surface area contributed by atoms with Crippen molar-refractivity contribution in [2.75, 3.05) is 18.8 Å². The zero-order chi connectivity index (χ0) is 17.0. The SMILES string of the molecule is NC(=O)c1cc2c3ccccc3n(C3CN(C(=O)O)C3)c2nc1N. The number of amides is 2. The van der Waals surface area contributed by atoms with E-state index >= 15 is 0 Å². The van der Waals surface area contributed by atoms with Crippen molar-refractivity contribution in [1.29, 1.82) is 0 Å². The molecule has 4 rings (SSSR count). The highest BCUT2D eigenvalue weighted by Crippen LogP contribution is 2.35. The molecule has 2 aromatic heterocycles. The van der Waals surface area contributed by atoms with E-state index in [1.54, 1.807) is 6.07 Å². The van der Waals surface area contributed by atoms with E-state index in [0.29, 0.717) is 18.7 Å². The van der Waals surface area contributed by atoms with Gasteiger partial charge < -0.3 is 26.0 Å².